The molecule has 5 heteroatoms. The van der Waals surface area contributed by atoms with E-state index in [4.69, 9.17) is 10.2 Å². The lowest BCUT2D eigenvalue weighted by molar-refractivity contribution is -0.160. The van der Waals surface area contributed by atoms with E-state index in [1.165, 1.54) is 0 Å². The fourth-order valence-electron chi connectivity index (χ4n) is 1.20. The van der Waals surface area contributed by atoms with Gasteiger partial charge in [0.15, 0.2) is 5.92 Å². The van der Waals surface area contributed by atoms with Crippen LogP contribution in [-0.4, -0.2) is 33.4 Å². The third-order valence-corrected chi connectivity index (χ3v) is 2.02. The van der Waals surface area contributed by atoms with Gasteiger partial charge in [-0.25, -0.2) is 0 Å². The molecular weight excluding hydrogens is 188 g/mol. The second-order valence-electron chi connectivity index (χ2n) is 3.22. The molecule has 3 N–H and O–H groups in total. The molecule has 0 spiro atoms. The third-order valence-electron chi connectivity index (χ3n) is 2.02. The maximum atomic E-state index is 10.5. The minimum absolute atomic E-state index is 0.219. The van der Waals surface area contributed by atoms with Crippen LogP contribution in [0.25, 0.3) is 0 Å². The smallest absolute Gasteiger partial charge is 0.320 e. The van der Waals surface area contributed by atoms with Crippen molar-refractivity contribution in [2.45, 2.75) is 38.7 Å². The van der Waals surface area contributed by atoms with Crippen molar-refractivity contribution in [3.8, 4) is 0 Å². The first-order chi connectivity index (χ1) is 6.50. The maximum Gasteiger partial charge on any atom is 0.320 e. The van der Waals surface area contributed by atoms with Crippen LogP contribution in [0.4, 0.5) is 0 Å². The minimum Gasteiger partial charge on any atom is -0.481 e. The number of carboxylic acids is 2. The molecule has 0 radical (unpaired) electrons. The summed E-state index contributed by atoms with van der Waals surface area (Å²) in [5.41, 5.74) is 0. The number of aliphatic hydroxyl groups is 1. The molecule has 0 bridgehead atoms. The molecule has 0 fully saturated rings. The maximum absolute atomic E-state index is 10.5. The first-order valence-corrected chi connectivity index (χ1v) is 4.64. The van der Waals surface area contributed by atoms with Crippen molar-refractivity contribution in [2.75, 3.05) is 0 Å². The van der Waals surface area contributed by atoms with Crippen LogP contribution in [0, 0.1) is 5.92 Å². The van der Waals surface area contributed by atoms with Gasteiger partial charge in [0.1, 0.15) is 0 Å². The third kappa shape index (κ3) is 4.23. The Balaban J connectivity index is 4.09. The van der Waals surface area contributed by atoms with Crippen LogP contribution in [0.1, 0.15) is 32.6 Å². The van der Waals surface area contributed by atoms with E-state index < -0.39 is 24.0 Å². The van der Waals surface area contributed by atoms with E-state index in [1.54, 1.807) is 0 Å². The van der Waals surface area contributed by atoms with Gasteiger partial charge in [0, 0.05) is 0 Å². The molecule has 0 heterocycles. The molecule has 0 aromatic heterocycles. The SMILES string of the molecule is CCCCCC(O)C(C(=O)O)C(=O)O. The molecule has 0 saturated heterocycles. The van der Waals surface area contributed by atoms with Gasteiger partial charge < -0.3 is 15.3 Å². The lowest BCUT2D eigenvalue weighted by Gasteiger charge is -2.14. The number of carbonyl (C=O) groups is 2. The van der Waals surface area contributed by atoms with Gasteiger partial charge >= 0.3 is 11.9 Å². The Bertz CT molecular complexity index is 187. The van der Waals surface area contributed by atoms with Crippen LogP contribution < -0.4 is 0 Å². The molecule has 0 aliphatic rings. The zero-order valence-corrected chi connectivity index (χ0v) is 8.14. The lowest BCUT2D eigenvalue weighted by Crippen LogP contribution is -2.34. The van der Waals surface area contributed by atoms with Crippen LogP contribution in [0.15, 0.2) is 0 Å². The summed E-state index contributed by atoms with van der Waals surface area (Å²) in [5, 5.41) is 26.4. The summed E-state index contributed by atoms with van der Waals surface area (Å²) in [4.78, 5) is 20.9. The number of hydrogen-bond donors (Lipinski definition) is 3. The summed E-state index contributed by atoms with van der Waals surface area (Å²) in [5.74, 6) is -4.67. The molecule has 14 heavy (non-hydrogen) atoms. The van der Waals surface area contributed by atoms with Crippen LogP contribution in [0.3, 0.4) is 0 Å². The molecule has 5 nitrogen and oxygen atoms in total. The highest BCUT2D eigenvalue weighted by Crippen LogP contribution is 2.12. The first kappa shape index (κ1) is 12.9. The van der Waals surface area contributed by atoms with Gasteiger partial charge in [-0.05, 0) is 6.42 Å². The number of carboxylic acid groups (broad SMARTS) is 2. The molecule has 1 unspecified atom stereocenters. The van der Waals surface area contributed by atoms with Gasteiger partial charge in [-0.1, -0.05) is 26.2 Å². The summed E-state index contributed by atoms with van der Waals surface area (Å²) >= 11 is 0. The fraction of sp³-hybridized carbons (Fsp3) is 0.778. The second kappa shape index (κ2) is 6.37. The van der Waals surface area contributed by atoms with Crippen molar-refractivity contribution in [2.24, 2.45) is 5.92 Å². The van der Waals surface area contributed by atoms with E-state index in [2.05, 4.69) is 0 Å². The molecule has 0 aromatic carbocycles. The summed E-state index contributed by atoms with van der Waals surface area (Å²) in [6.45, 7) is 1.97. The summed E-state index contributed by atoms with van der Waals surface area (Å²) in [6, 6.07) is 0. The second-order valence-corrected chi connectivity index (χ2v) is 3.22. The van der Waals surface area contributed by atoms with Crippen LogP contribution in [-0.2, 0) is 9.59 Å². The van der Waals surface area contributed by atoms with Crippen molar-refractivity contribution >= 4 is 11.9 Å². The van der Waals surface area contributed by atoms with E-state index in [-0.39, 0.29) is 6.42 Å². The molecule has 0 amide bonds. The van der Waals surface area contributed by atoms with Crippen molar-refractivity contribution in [1.82, 2.24) is 0 Å². The summed E-state index contributed by atoms with van der Waals surface area (Å²) in [6.07, 6.45) is 1.38. The average molecular weight is 204 g/mol. The predicted molar refractivity (Wildman–Crippen MR) is 48.9 cm³/mol. The van der Waals surface area contributed by atoms with Gasteiger partial charge in [-0.3, -0.25) is 9.59 Å². The average Bonchev–Trinajstić information content (AvgIpc) is 2.03. The van der Waals surface area contributed by atoms with Crippen LogP contribution in [0.2, 0.25) is 0 Å². The van der Waals surface area contributed by atoms with E-state index in [9.17, 15) is 14.7 Å². The van der Waals surface area contributed by atoms with Crippen molar-refractivity contribution in [3.63, 3.8) is 0 Å². The summed E-state index contributed by atoms with van der Waals surface area (Å²) < 4.78 is 0. The minimum atomic E-state index is -1.70. The van der Waals surface area contributed by atoms with Crippen LogP contribution in [0.5, 0.6) is 0 Å². The van der Waals surface area contributed by atoms with E-state index in [1.807, 2.05) is 6.92 Å². The number of aliphatic hydroxyl groups excluding tert-OH is 1. The molecule has 0 rings (SSSR count). The number of aliphatic carboxylic acids is 2. The highest BCUT2D eigenvalue weighted by molar-refractivity contribution is 5.93. The highest BCUT2D eigenvalue weighted by Gasteiger charge is 2.33. The quantitative estimate of drug-likeness (QED) is 0.419. The van der Waals surface area contributed by atoms with Crippen molar-refractivity contribution in [3.05, 3.63) is 0 Å². The van der Waals surface area contributed by atoms with Gasteiger partial charge in [0.25, 0.3) is 0 Å². The zero-order valence-electron chi connectivity index (χ0n) is 8.14. The largest absolute Gasteiger partial charge is 0.481 e. The van der Waals surface area contributed by atoms with E-state index in [0.717, 1.165) is 12.8 Å². The topological polar surface area (TPSA) is 94.8 Å². The molecule has 0 aliphatic carbocycles. The van der Waals surface area contributed by atoms with Gasteiger partial charge in [0.2, 0.25) is 0 Å². The number of rotatable bonds is 7. The standard InChI is InChI=1S/C9H16O5/c1-2-3-4-5-6(10)7(8(11)12)9(13)14/h6-7,10H,2-5H2,1H3,(H,11,12)(H,13,14). The fourth-order valence-corrected chi connectivity index (χ4v) is 1.20. The lowest BCUT2D eigenvalue weighted by atomic mass is 9.98. The van der Waals surface area contributed by atoms with E-state index >= 15 is 0 Å². The van der Waals surface area contributed by atoms with Gasteiger partial charge in [0.05, 0.1) is 6.10 Å². The van der Waals surface area contributed by atoms with Crippen molar-refractivity contribution < 1.29 is 24.9 Å². The Hall–Kier alpha value is -1.10. The number of unbranched alkanes of at least 4 members (excludes halogenated alkanes) is 2. The molecule has 0 saturated carbocycles. The van der Waals surface area contributed by atoms with Crippen LogP contribution >= 0.6 is 0 Å². The monoisotopic (exact) mass is 204 g/mol. The normalized spacial score (nSPS) is 12.8. The molecule has 0 aliphatic heterocycles. The first-order valence-electron chi connectivity index (χ1n) is 4.64. The van der Waals surface area contributed by atoms with Gasteiger partial charge in [-0.2, -0.15) is 0 Å². The Morgan fingerprint density at radius 2 is 1.64 bits per heavy atom. The highest BCUT2D eigenvalue weighted by atomic mass is 16.4. The predicted octanol–water partition coefficient (Wildman–Crippen LogP) is 0.713. The summed E-state index contributed by atoms with van der Waals surface area (Å²) in [7, 11) is 0. The Morgan fingerprint density at radius 3 is 2.00 bits per heavy atom. The van der Waals surface area contributed by atoms with Gasteiger partial charge in [-0.15, -0.1) is 0 Å². The van der Waals surface area contributed by atoms with Crippen molar-refractivity contribution in [1.29, 1.82) is 0 Å². The molecule has 82 valence electrons. The Morgan fingerprint density at radius 1 is 1.14 bits per heavy atom. The van der Waals surface area contributed by atoms with E-state index in [0.29, 0.717) is 6.42 Å². The Kier molecular flexibility index (Phi) is 5.87. The molecular formula is C9H16O5. The zero-order chi connectivity index (χ0) is 11.1. The Labute approximate surface area is 82.4 Å². The molecule has 1 atom stereocenters. The number of hydrogen-bond acceptors (Lipinski definition) is 3. The molecule has 0 aromatic rings.